The first-order valence-corrected chi connectivity index (χ1v) is 10.9. The van der Waals surface area contributed by atoms with Crippen molar-refractivity contribution in [1.29, 1.82) is 0 Å². The van der Waals surface area contributed by atoms with E-state index in [-0.39, 0.29) is 6.09 Å². The maximum absolute atomic E-state index is 11.5. The third-order valence-corrected chi connectivity index (χ3v) is 6.47. The zero-order valence-electron chi connectivity index (χ0n) is 17.3. The molecule has 0 unspecified atom stereocenters. The van der Waals surface area contributed by atoms with Gasteiger partial charge in [-0.25, -0.2) is 4.79 Å². The van der Waals surface area contributed by atoms with Gasteiger partial charge >= 0.3 is 6.09 Å². The molecule has 2 aromatic carbocycles. The van der Waals surface area contributed by atoms with Gasteiger partial charge in [0, 0.05) is 12.5 Å². The van der Waals surface area contributed by atoms with E-state index in [0.29, 0.717) is 19.1 Å². The lowest BCUT2D eigenvalue weighted by atomic mass is 9.79. The number of carbonyl (C=O) groups is 1. The molecule has 0 spiro atoms. The summed E-state index contributed by atoms with van der Waals surface area (Å²) in [7, 11) is 1.75. The molecule has 1 saturated heterocycles. The summed E-state index contributed by atoms with van der Waals surface area (Å²) in [5, 5.41) is 2.89. The Balaban J connectivity index is 1.38. The molecule has 4 rings (SSSR count). The highest BCUT2D eigenvalue weighted by Crippen LogP contribution is 2.32. The monoisotopic (exact) mass is 393 g/mol. The molecular weight excluding hydrogens is 362 g/mol. The summed E-state index contributed by atoms with van der Waals surface area (Å²) in [6.45, 7) is 1.18. The fourth-order valence-corrected chi connectivity index (χ4v) is 4.76. The minimum absolute atomic E-state index is 0.287. The van der Waals surface area contributed by atoms with Crippen LogP contribution < -0.4 is 10.1 Å². The molecule has 29 heavy (non-hydrogen) atoms. The molecule has 1 aliphatic heterocycles. The number of para-hydroxylation sites is 1. The first-order chi connectivity index (χ1) is 14.2. The van der Waals surface area contributed by atoms with Crippen LogP contribution in [0.4, 0.5) is 4.79 Å². The number of fused-ring (bicyclic) bond motifs is 1. The van der Waals surface area contributed by atoms with E-state index in [9.17, 15) is 4.79 Å². The molecule has 0 aromatic heterocycles. The zero-order chi connectivity index (χ0) is 20.1. The van der Waals surface area contributed by atoms with Gasteiger partial charge in [-0.2, -0.15) is 0 Å². The first-order valence-electron chi connectivity index (χ1n) is 10.9. The molecule has 4 heteroatoms. The molecule has 154 valence electrons. The number of methoxy groups -OCH3 is 1. The van der Waals surface area contributed by atoms with Crippen LogP contribution in [-0.4, -0.2) is 26.4 Å². The molecule has 0 radical (unpaired) electrons. The van der Waals surface area contributed by atoms with Crippen LogP contribution in [0.5, 0.6) is 5.75 Å². The molecule has 2 atom stereocenters. The lowest BCUT2D eigenvalue weighted by Gasteiger charge is -2.27. The molecule has 4 nitrogen and oxygen atoms in total. The predicted molar refractivity (Wildman–Crippen MR) is 115 cm³/mol. The Morgan fingerprint density at radius 1 is 1.14 bits per heavy atom. The zero-order valence-corrected chi connectivity index (χ0v) is 17.3. The summed E-state index contributed by atoms with van der Waals surface area (Å²) in [6.07, 6.45) is 7.55. The van der Waals surface area contributed by atoms with Gasteiger partial charge in [-0.3, -0.25) is 0 Å². The fourth-order valence-electron chi connectivity index (χ4n) is 4.76. The Labute approximate surface area is 173 Å². The summed E-state index contributed by atoms with van der Waals surface area (Å²) < 4.78 is 10.6. The smallest absolute Gasteiger partial charge is 0.407 e. The number of cyclic esters (lactones) is 1. The van der Waals surface area contributed by atoms with Crippen molar-refractivity contribution in [2.75, 3.05) is 20.3 Å². The largest absolute Gasteiger partial charge is 0.496 e. The molecule has 0 bridgehead atoms. The number of ether oxygens (including phenoxy) is 2. The van der Waals surface area contributed by atoms with Crippen molar-refractivity contribution in [3.63, 3.8) is 0 Å². The molecule has 1 aliphatic carbocycles. The van der Waals surface area contributed by atoms with E-state index in [1.54, 1.807) is 7.11 Å². The van der Waals surface area contributed by atoms with Crippen molar-refractivity contribution in [3.8, 4) is 5.75 Å². The normalized spacial score (nSPS) is 21.9. The van der Waals surface area contributed by atoms with Crippen molar-refractivity contribution in [2.45, 2.75) is 50.9 Å². The fraction of sp³-hybridized carbons (Fsp3) is 0.480. The van der Waals surface area contributed by atoms with Gasteiger partial charge in [-0.15, -0.1) is 0 Å². The van der Waals surface area contributed by atoms with E-state index in [2.05, 4.69) is 41.7 Å². The molecule has 1 amide bonds. The van der Waals surface area contributed by atoms with Crippen molar-refractivity contribution in [1.82, 2.24) is 5.32 Å². The highest BCUT2D eigenvalue weighted by atomic mass is 16.5. The van der Waals surface area contributed by atoms with E-state index in [1.165, 1.54) is 41.5 Å². The van der Waals surface area contributed by atoms with E-state index in [0.717, 1.165) is 37.4 Å². The van der Waals surface area contributed by atoms with Crippen molar-refractivity contribution in [3.05, 3.63) is 64.7 Å². The standard InChI is InChI=1S/C25H31NO3/c1-28-24-7-3-2-5-19(24)10-8-18-9-11-21-16-22(13-12-20(21)15-18)23-6-4-14-29-25(27)26-17-23/h2-3,5,7,12-13,16,18,23H,4,6,8-11,14-15,17H2,1H3,(H,26,27)/t18-,23+/m1/s1. The molecule has 1 heterocycles. The van der Waals surface area contributed by atoms with Gasteiger partial charge in [0.25, 0.3) is 0 Å². The Bertz CT molecular complexity index is 848. The third kappa shape index (κ3) is 4.92. The lowest BCUT2D eigenvalue weighted by molar-refractivity contribution is 0.136. The van der Waals surface area contributed by atoms with Gasteiger partial charge in [0.15, 0.2) is 0 Å². The van der Waals surface area contributed by atoms with E-state index >= 15 is 0 Å². The summed E-state index contributed by atoms with van der Waals surface area (Å²) in [5.74, 6) is 2.12. The van der Waals surface area contributed by atoms with Crippen LogP contribution in [0.2, 0.25) is 0 Å². The highest BCUT2D eigenvalue weighted by molar-refractivity contribution is 5.67. The topological polar surface area (TPSA) is 47.6 Å². The van der Waals surface area contributed by atoms with Crippen molar-refractivity contribution >= 4 is 6.09 Å². The Hall–Kier alpha value is -2.49. The molecule has 1 fully saturated rings. The van der Waals surface area contributed by atoms with Gasteiger partial charge in [0.2, 0.25) is 0 Å². The number of aryl methyl sites for hydroxylation is 2. The van der Waals surface area contributed by atoms with Crippen molar-refractivity contribution < 1.29 is 14.3 Å². The Morgan fingerprint density at radius 3 is 2.93 bits per heavy atom. The quantitative estimate of drug-likeness (QED) is 0.774. The summed E-state index contributed by atoms with van der Waals surface area (Å²) in [6, 6.07) is 15.4. The van der Waals surface area contributed by atoms with Crippen LogP contribution in [0.15, 0.2) is 42.5 Å². The summed E-state index contributed by atoms with van der Waals surface area (Å²) >= 11 is 0. The average Bonchev–Trinajstić information content (AvgIpc) is 2.75. The number of alkyl carbamates (subject to hydrolysis) is 1. The van der Waals surface area contributed by atoms with Crippen LogP contribution in [0, 0.1) is 5.92 Å². The number of amides is 1. The van der Waals surface area contributed by atoms with E-state index in [1.807, 2.05) is 6.07 Å². The third-order valence-electron chi connectivity index (χ3n) is 6.47. The second-order valence-electron chi connectivity index (χ2n) is 8.34. The lowest BCUT2D eigenvalue weighted by Crippen LogP contribution is -2.31. The molecule has 1 N–H and O–H groups in total. The van der Waals surface area contributed by atoms with Crippen LogP contribution in [-0.2, 0) is 24.0 Å². The van der Waals surface area contributed by atoms with Crippen LogP contribution >= 0.6 is 0 Å². The second-order valence-corrected chi connectivity index (χ2v) is 8.34. The Kier molecular flexibility index (Phi) is 6.38. The second kappa shape index (κ2) is 9.34. The maximum Gasteiger partial charge on any atom is 0.407 e. The SMILES string of the molecule is COc1ccccc1CC[C@@H]1CCc2cc([C@H]3CCCOC(=O)NC3)ccc2C1. The molecule has 2 aliphatic rings. The summed E-state index contributed by atoms with van der Waals surface area (Å²) in [4.78, 5) is 11.5. The van der Waals surface area contributed by atoms with Gasteiger partial charge in [0.1, 0.15) is 5.75 Å². The van der Waals surface area contributed by atoms with E-state index in [4.69, 9.17) is 9.47 Å². The number of hydrogen-bond donors (Lipinski definition) is 1. The van der Waals surface area contributed by atoms with Crippen LogP contribution in [0.25, 0.3) is 0 Å². The first kappa shape index (κ1) is 19.8. The molecule has 0 saturated carbocycles. The number of hydrogen-bond acceptors (Lipinski definition) is 3. The number of carbonyl (C=O) groups excluding carboxylic acids is 1. The van der Waals surface area contributed by atoms with Gasteiger partial charge < -0.3 is 14.8 Å². The average molecular weight is 394 g/mol. The predicted octanol–water partition coefficient (Wildman–Crippen LogP) is 5.04. The van der Waals surface area contributed by atoms with Gasteiger partial charge in [-0.1, -0.05) is 36.4 Å². The number of nitrogens with one attached hydrogen (secondary N) is 1. The van der Waals surface area contributed by atoms with Gasteiger partial charge in [0.05, 0.1) is 13.7 Å². The number of rotatable bonds is 5. The van der Waals surface area contributed by atoms with E-state index < -0.39 is 0 Å². The molecular formula is C25H31NO3. The minimum atomic E-state index is -0.287. The van der Waals surface area contributed by atoms with Crippen LogP contribution in [0.3, 0.4) is 0 Å². The maximum atomic E-state index is 11.5. The van der Waals surface area contributed by atoms with Gasteiger partial charge in [-0.05, 0) is 79.2 Å². The van der Waals surface area contributed by atoms with Crippen molar-refractivity contribution in [2.24, 2.45) is 5.92 Å². The Morgan fingerprint density at radius 2 is 2.03 bits per heavy atom. The highest BCUT2D eigenvalue weighted by Gasteiger charge is 2.22. The minimum Gasteiger partial charge on any atom is -0.496 e. The number of benzene rings is 2. The summed E-state index contributed by atoms with van der Waals surface area (Å²) in [5.41, 5.74) is 5.67. The van der Waals surface area contributed by atoms with Crippen LogP contribution in [0.1, 0.15) is 53.9 Å². The molecule has 2 aromatic rings.